The van der Waals surface area contributed by atoms with Crippen LogP contribution in [0.2, 0.25) is 0 Å². The summed E-state index contributed by atoms with van der Waals surface area (Å²) < 4.78 is 19.1. The third-order valence-electron chi connectivity index (χ3n) is 16.1. The van der Waals surface area contributed by atoms with E-state index in [-0.39, 0.29) is 606 Å². The Kier molecular flexibility index (Phi) is 98.0. The molecule has 5 aliphatic rings. The fraction of sp³-hybridized carbons (Fsp3) is 0.613. The number of carboxylic acids is 11. The van der Waals surface area contributed by atoms with Crippen LogP contribution in [0.25, 0.3) is 0 Å². The molecule has 32 nitrogen and oxygen atoms in total. The molecular formula is C62H75K9Na2O32. The summed E-state index contributed by atoms with van der Waals surface area (Å²) in [4.78, 5) is 155. The van der Waals surface area contributed by atoms with Crippen molar-refractivity contribution in [2.75, 3.05) is 52.9 Å². The van der Waals surface area contributed by atoms with Gasteiger partial charge in [0.15, 0.2) is 0 Å². The average molecular weight is 1730 g/mol. The third-order valence-corrected chi connectivity index (χ3v) is 16.1. The van der Waals surface area contributed by atoms with Crippen LogP contribution in [0.3, 0.4) is 0 Å². The van der Waals surface area contributed by atoms with E-state index in [2.05, 4.69) is 9.47 Å². The summed E-state index contributed by atoms with van der Waals surface area (Å²) in [6, 6.07) is 0. The van der Waals surface area contributed by atoms with Crippen molar-refractivity contribution in [1.82, 2.24) is 0 Å². The number of carbonyl (C=O) groups is 14. The molecule has 0 heterocycles. The van der Waals surface area contributed by atoms with E-state index in [4.69, 9.17) is 24.8 Å². The van der Waals surface area contributed by atoms with E-state index in [1.54, 1.807) is 45.1 Å². The molecule has 43 heteroatoms. The van der Waals surface area contributed by atoms with Crippen LogP contribution in [0.5, 0.6) is 0 Å². The van der Waals surface area contributed by atoms with Gasteiger partial charge in [-0.25, -0.2) is 0 Å². The fourth-order valence-corrected chi connectivity index (χ4v) is 11.6. The molecule has 0 aromatic carbocycles. The Morgan fingerprint density at radius 2 is 0.524 bits per heavy atom. The maximum absolute atomic E-state index is 11.7. The maximum Gasteiger partial charge on any atom is 1.00 e. The number of allylic oxidation sites excluding steroid dienone is 10. The monoisotopic (exact) mass is 1730 g/mol. The van der Waals surface area contributed by atoms with Crippen LogP contribution in [0.4, 0.5) is 0 Å². The van der Waals surface area contributed by atoms with Crippen molar-refractivity contribution in [1.29, 1.82) is 0 Å². The molecule has 0 aromatic rings. The maximum atomic E-state index is 11.7. The first-order chi connectivity index (χ1) is 44.0. The molecule has 19 unspecified atom stereocenters. The van der Waals surface area contributed by atoms with E-state index >= 15 is 0 Å². The number of ether oxygens (including phenoxy) is 4. The Morgan fingerprint density at radius 1 is 0.295 bits per heavy atom. The van der Waals surface area contributed by atoms with Crippen LogP contribution in [-0.2, 0) is 86.1 Å². The number of hydrogen-bond acceptors (Lipinski definition) is 32. The van der Waals surface area contributed by atoms with Gasteiger partial charge in [-0.05, 0) is 78.4 Å². The van der Waals surface area contributed by atoms with Gasteiger partial charge >= 0.3 is 539 Å². The van der Waals surface area contributed by atoms with E-state index in [1.807, 2.05) is 13.0 Å². The molecule has 5 rings (SSSR count). The van der Waals surface area contributed by atoms with E-state index in [0.29, 0.717) is 6.42 Å². The number of carbonyl (C=O) groups excluding carboxylic acids is 14. The van der Waals surface area contributed by atoms with Gasteiger partial charge < -0.3 is 143 Å². The van der Waals surface area contributed by atoms with Gasteiger partial charge in [-0.2, -0.15) is 0 Å². The van der Waals surface area contributed by atoms with Gasteiger partial charge in [0, 0.05) is 119 Å². The van der Waals surface area contributed by atoms with Crippen molar-refractivity contribution in [3.05, 3.63) is 60.8 Å². The predicted molar refractivity (Wildman–Crippen MR) is 288 cm³/mol. The summed E-state index contributed by atoms with van der Waals surface area (Å²) >= 11 is 0. The van der Waals surface area contributed by atoms with Crippen molar-refractivity contribution < 1.29 is 679 Å². The van der Waals surface area contributed by atoms with Crippen molar-refractivity contribution >= 4 is 83.6 Å². The van der Waals surface area contributed by atoms with Gasteiger partial charge in [0.05, 0.1) is 52.3 Å². The minimum Gasteiger partial charge on any atom is -0.550 e. The Labute approximate surface area is 1040 Å². The van der Waals surface area contributed by atoms with Gasteiger partial charge in [0.25, 0.3) is 0 Å². The second-order valence-corrected chi connectivity index (χ2v) is 22.8. The first-order valence-electron chi connectivity index (χ1n) is 29.6. The summed E-state index contributed by atoms with van der Waals surface area (Å²) in [6.45, 7) is 7.11. The van der Waals surface area contributed by atoms with Gasteiger partial charge in [-0.3, -0.25) is 14.4 Å². The Hall–Kier alpha value is 7.85. The fourth-order valence-electron chi connectivity index (χ4n) is 11.6. The minimum absolute atomic E-state index is 0. The second-order valence-electron chi connectivity index (χ2n) is 22.8. The largest absolute Gasteiger partial charge is 1.00 e. The van der Waals surface area contributed by atoms with Crippen LogP contribution in [0.15, 0.2) is 60.8 Å². The van der Waals surface area contributed by atoms with Crippen LogP contribution >= 0.6 is 0 Å². The summed E-state index contributed by atoms with van der Waals surface area (Å²) in [5.74, 6) is -35.1. The van der Waals surface area contributed by atoms with Gasteiger partial charge in [0.2, 0.25) is 0 Å². The number of carboxylic acid groups (broad SMARTS) is 11. The molecule has 19 atom stereocenters. The molecule has 0 aliphatic heterocycles. The molecule has 5 aliphatic carbocycles. The van der Waals surface area contributed by atoms with E-state index in [1.165, 1.54) is 37.3 Å². The average Bonchev–Trinajstić information content (AvgIpc) is 0.826. The normalized spacial score (nSPS) is 26.2. The molecule has 0 saturated heterocycles. The summed E-state index contributed by atoms with van der Waals surface area (Å²) in [6.07, 6.45) is 14.3. The van der Waals surface area contributed by atoms with E-state index in [9.17, 15) is 123 Å². The molecule has 0 fully saturated rings. The molecule has 0 bridgehead atoms. The summed E-state index contributed by atoms with van der Waals surface area (Å²) in [5, 5.41) is 146. The molecule has 0 amide bonds. The Bertz CT molecular complexity index is 2760. The molecule has 0 aromatic heterocycles. The zero-order chi connectivity index (χ0) is 71.9. The second kappa shape index (κ2) is 75.6. The summed E-state index contributed by atoms with van der Waals surface area (Å²) in [7, 11) is 0. The summed E-state index contributed by atoms with van der Waals surface area (Å²) in [5.41, 5.74) is 0. The predicted octanol–water partition coefficient (Wildman–Crippen LogP) is -45.2. The smallest absolute Gasteiger partial charge is 0.550 e. The molecule has 3 N–H and O–H groups in total. The SMILES string of the molecule is CC1C=CC(CC(=O)OCCO)C(C(=O)[O-])C1C(=O)[O-].CC1C=CC(CC(=O)OCCO)C(C(=O)[O-])C1C(=O)[O-].CC1C=CC(CC(=O)OCCOCCO)C(C(=O)[O-])C1C(=O)[O-].CC1C=CC(CC(=O)[O-])C(C(=O)[O-])C1.CC1C=CC(CC(=O)[O-])C(C(=O)[O-])C1C(=O)[O-].[K+].[K+].[K+].[K+].[K+].[K+].[K+].[K+].[K+].[Na+].[Na+]. The van der Waals surface area contributed by atoms with Crippen LogP contribution in [0, 0.1) is 112 Å². The van der Waals surface area contributed by atoms with Crippen molar-refractivity contribution in [3.8, 4) is 0 Å². The first kappa shape index (κ1) is 136. The quantitative estimate of drug-likeness (QED) is 0.0215. The number of aliphatic hydroxyl groups excluding tert-OH is 3. The van der Waals surface area contributed by atoms with Crippen LogP contribution < -0.4 is 578 Å². The number of hydrogen-bond donors (Lipinski definition) is 3. The molecular weight excluding hydrogens is 1650 g/mol. The van der Waals surface area contributed by atoms with Crippen molar-refractivity contribution in [2.24, 2.45) is 112 Å². The standard InChI is InChI=1S/C15H22O8.2C13H18O7.C11H14O6.C10H14O4.9K.2Na/c1-9-2-3-10(13(15(20)21)12(9)14(18)19)8-11(17)23-7-6-22-5-4-16;2*1-7-2-3-8(6-9(15)20-5-4-14)11(13(18)19)10(7)12(16)17;1-5-2-3-6(4-7(12)13)9(11(16)17)8(5)10(14)15;1-6-2-3-7(5-9(11)12)8(4-6)10(13)14;;;;;;;;;;;/h2-3,9-10,12-13,16H,4-8H2,1H3,(H,18,19)(H,20,21);2*2-3,7-8,10-11,14H,4-6H2,1H3,(H,16,17)(H,18,19);2-3,5-6,8-9H,4H2,1H3,(H,12,13)(H,14,15)(H,16,17);2-3,6-8H,4-5H2,1H3,(H,11,12)(H,13,14);;;;;;;;;;;/q;;;;;11*+1/p-11. The van der Waals surface area contributed by atoms with E-state index in [0.717, 1.165) is 0 Å². The van der Waals surface area contributed by atoms with Gasteiger partial charge in [-0.1, -0.05) is 95.4 Å². The number of esters is 3. The van der Waals surface area contributed by atoms with Gasteiger partial charge in [0.1, 0.15) is 19.8 Å². The van der Waals surface area contributed by atoms with Crippen molar-refractivity contribution in [2.45, 2.75) is 73.1 Å². The number of aliphatic hydroxyl groups is 3. The van der Waals surface area contributed by atoms with Crippen molar-refractivity contribution in [3.63, 3.8) is 0 Å². The molecule has 0 saturated carbocycles. The Morgan fingerprint density at radius 3 is 0.752 bits per heavy atom. The Balaban J connectivity index is -0.000000115. The zero-order valence-corrected chi connectivity index (χ0v) is 94.9. The third kappa shape index (κ3) is 52.8. The molecule has 0 spiro atoms. The number of rotatable bonds is 28. The molecule has 0 radical (unpaired) electrons. The van der Waals surface area contributed by atoms with E-state index < -0.39 is 197 Å². The van der Waals surface area contributed by atoms with Crippen LogP contribution in [-0.4, -0.2) is 152 Å². The van der Waals surface area contributed by atoms with Gasteiger partial charge in [-0.15, -0.1) is 0 Å². The zero-order valence-electron chi connectivity index (χ0n) is 62.8. The minimum atomic E-state index is -1.58. The molecule has 105 heavy (non-hydrogen) atoms. The molecule has 526 valence electrons. The topological polar surface area (TPSA) is 590 Å². The van der Waals surface area contributed by atoms with Crippen LogP contribution in [0.1, 0.15) is 73.1 Å². The first-order valence-corrected chi connectivity index (χ1v) is 29.6. The number of aliphatic carboxylic acids is 11.